The van der Waals surface area contributed by atoms with Crippen LogP contribution in [-0.4, -0.2) is 42.9 Å². The molecule has 1 aliphatic rings. The molecule has 0 aliphatic carbocycles. The van der Waals surface area contributed by atoms with E-state index in [-0.39, 0.29) is 17.7 Å². The maximum atomic E-state index is 12.3. The number of amides is 2. The average Bonchev–Trinajstić information content (AvgIpc) is 2.52. The lowest BCUT2D eigenvalue weighted by atomic mass is 9.96. The summed E-state index contributed by atoms with van der Waals surface area (Å²) in [6, 6.07) is 2.65. The van der Waals surface area contributed by atoms with Crippen molar-refractivity contribution >= 4 is 11.8 Å². The minimum absolute atomic E-state index is 0.0717. The van der Waals surface area contributed by atoms with E-state index in [1.54, 1.807) is 4.90 Å². The summed E-state index contributed by atoms with van der Waals surface area (Å²) in [6.45, 7) is 1.80. The van der Waals surface area contributed by atoms with Gasteiger partial charge in [-0.3, -0.25) is 9.59 Å². The Labute approximate surface area is 122 Å². The fraction of sp³-hybridized carbons (Fsp3) is 0.500. The summed E-state index contributed by atoms with van der Waals surface area (Å²) < 4.78 is 4.70. The Bertz CT molecular complexity index is 549. The molecule has 1 unspecified atom stereocenters. The number of rotatable bonds is 4. The molecule has 0 bridgehead atoms. The molecule has 2 amide bonds. The summed E-state index contributed by atoms with van der Waals surface area (Å²) in [7, 11) is 0. The van der Waals surface area contributed by atoms with Crippen molar-refractivity contribution in [3.05, 3.63) is 34.4 Å². The molecule has 7 nitrogen and oxygen atoms in total. The van der Waals surface area contributed by atoms with E-state index in [9.17, 15) is 14.4 Å². The van der Waals surface area contributed by atoms with Gasteiger partial charge >= 0.3 is 5.63 Å². The number of hydrogen-bond acceptors (Lipinski definition) is 5. The highest BCUT2D eigenvalue weighted by Gasteiger charge is 2.28. The smallest absolute Gasteiger partial charge is 0.335 e. The van der Waals surface area contributed by atoms with E-state index in [0.717, 1.165) is 19.1 Å². The van der Waals surface area contributed by atoms with E-state index in [2.05, 4.69) is 5.32 Å². The number of nitrogens with two attached hydrogens (primary N) is 1. The summed E-state index contributed by atoms with van der Waals surface area (Å²) >= 11 is 0. The van der Waals surface area contributed by atoms with Gasteiger partial charge in [-0.2, -0.15) is 0 Å². The van der Waals surface area contributed by atoms with E-state index < -0.39 is 5.63 Å². The molecule has 7 heteroatoms. The van der Waals surface area contributed by atoms with Gasteiger partial charge in [-0.1, -0.05) is 0 Å². The van der Waals surface area contributed by atoms with E-state index in [1.165, 1.54) is 12.1 Å². The molecular weight excluding hydrogens is 274 g/mol. The van der Waals surface area contributed by atoms with Crippen LogP contribution in [0.5, 0.6) is 0 Å². The Hall–Kier alpha value is -2.15. The third-order valence-electron chi connectivity index (χ3n) is 3.47. The zero-order valence-electron chi connectivity index (χ0n) is 11.7. The highest BCUT2D eigenvalue weighted by Crippen LogP contribution is 2.18. The largest absolute Gasteiger partial charge is 0.430 e. The van der Waals surface area contributed by atoms with Crippen molar-refractivity contribution in [3.8, 4) is 0 Å². The van der Waals surface area contributed by atoms with Gasteiger partial charge in [-0.05, 0) is 18.9 Å². The zero-order valence-corrected chi connectivity index (χ0v) is 11.7. The van der Waals surface area contributed by atoms with E-state index in [1.807, 2.05) is 0 Å². The summed E-state index contributed by atoms with van der Waals surface area (Å²) in [5.41, 5.74) is 5.18. The number of piperidine rings is 1. The molecule has 0 aromatic carbocycles. The molecule has 1 atom stereocenters. The molecule has 1 aromatic rings. The molecule has 0 radical (unpaired) electrons. The van der Waals surface area contributed by atoms with Crippen LogP contribution < -0.4 is 16.7 Å². The van der Waals surface area contributed by atoms with E-state index in [4.69, 9.17) is 10.2 Å². The Morgan fingerprint density at radius 3 is 2.90 bits per heavy atom. The van der Waals surface area contributed by atoms with Crippen LogP contribution >= 0.6 is 0 Å². The van der Waals surface area contributed by atoms with Crippen molar-refractivity contribution in [2.45, 2.75) is 12.8 Å². The van der Waals surface area contributed by atoms with Crippen LogP contribution in [0.4, 0.5) is 0 Å². The summed E-state index contributed by atoms with van der Waals surface area (Å²) in [5.74, 6) is -0.516. The lowest BCUT2D eigenvalue weighted by Crippen LogP contribution is -2.46. The second kappa shape index (κ2) is 7.03. The molecule has 1 aliphatic heterocycles. The molecule has 1 fully saturated rings. The Morgan fingerprint density at radius 1 is 1.43 bits per heavy atom. The average molecular weight is 293 g/mol. The van der Waals surface area contributed by atoms with Crippen LogP contribution in [0.15, 0.2) is 27.6 Å². The van der Waals surface area contributed by atoms with Crippen LogP contribution in [0.25, 0.3) is 0 Å². The number of likely N-dealkylation sites (tertiary alicyclic amines) is 1. The first-order valence-corrected chi connectivity index (χ1v) is 6.97. The van der Waals surface area contributed by atoms with Crippen molar-refractivity contribution in [2.24, 2.45) is 11.7 Å². The number of nitrogens with one attached hydrogen (secondary N) is 1. The molecule has 0 spiro atoms. The molecule has 1 aromatic heterocycles. The second-order valence-corrected chi connectivity index (χ2v) is 5.01. The maximum absolute atomic E-state index is 12.3. The normalized spacial score (nSPS) is 18.3. The van der Waals surface area contributed by atoms with Crippen LogP contribution in [0, 0.1) is 5.92 Å². The Morgan fingerprint density at radius 2 is 2.24 bits per heavy atom. The summed E-state index contributed by atoms with van der Waals surface area (Å²) in [5, 5.41) is 2.75. The molecule has 1 saturated heterocycles. The van der Waals surface area contributed by atoms with Gasteiger partial charge in [0, 0.05) is 32.2 Å². The molecule has 21 heavy (non-hydrogen) atoms. The first kappa shape index (κ1) is 15.2. The topological polar surface area (TPSA) is 106 Å². The predicted molar refractivity (Wildman–Crippen MR) is 75.7 cm³/mol. The molecule has 114 valence electrons. The van der Waals surface area contributed by atoms with Gasteiger partial charge in [0.2, 0.25) is 5.91 Å². The monoisotopic (exact) mass is 293 g/mol. The van der Waals surface area contributed by atoms with Crippen molar-refractivity contribution in [3.63, 3.8) is 0 Å². The maximum Gasteiger partial charge on any atom is 0.335 e. The van der Waals surface area contributed by atoms with Gasteiger partial charge in [-0.25, -0.2) is 4.79 Å². The molecule has 2 heterocycles. The SMILES string of the molecule is NCCNC(=O)C1CCCN(C(=O)c2ccc(=O)oc2)C1. The van der Waals surface area contributed by atoms with Crippen molar-refractivity contribution in [2.75, 3.05) is 26.2 Å². The molecule has 0 saturated carbocycles. The standard InChI is InChI=1S/C14H19N3O4/c15-5-6-16-13(19)10-2-1-7-17(8-10)14(20)11-3-4-12(18)21-9-11/h3-4,9-10H,1-2,5-8,15H2,(H,16,19). The molecule has 2 rings (SSSR count). The summed E-state index contributed by atoms with van der Waals surface area (Å²) in [4.78, 5) is 36.8. The van der Waals surface area contributed by atoms with Crippen molar-refractivity contribution < 1.29 is 14.0 Å². The number of carbonyl (C=O) groups excluding carboxylic acids is 2. The van der Waals surface area contributed by atoms with Crippen LogP contribution in [0.2, 0.25) is 0 Å². The molecular formula is C14H19N3O4. The lowest BCUT2D eigenvalue weighted by molar-refractivity contribution is -0.126. The first-order valence-electron chi connectivity index (χ1n) is 6.97. The number of carbonyl (C=O) groups is 2. The van der Waals surface area contributed by atoms with Crippen LogP contribution in [0.1, 0.15) is 23.2 Å². The molecule has 3 N–H and O–H groups in total. The summed E-state index contributed by atoms with van der Waals surface area (Å²) in [6.07, 6.45) is 2.68. The van der Waals surface area contributed by atoms with E-state index in [0.29, 0.717) is 31.7 Å². The number of nitrogens with zero attached hydrogens (tertiary/aromatic N) is 1. The predicted octanol–water partition coefficient (Wildman–Crippen LogP) is -0.433. The quantitative estimate of drug-likeness (QED) is 0.783. The third kappa shape index (κ3) is 3.91. The van der Waals surface area contributed by atoms with Gasteiger partial charge in [0.05, 0.1) is 11.5 Å². The van der Waals surface area contributed by atoms with Gasteiger partial charge in [0.25, 0.3) is 5.91 Å². The van der Waals surface area contributed by atoms with E-state index >= 15 is 0 Å². The minimum Gasteiger partial charge on any atom is -0.430 e. The Kier molecular flexibility index (Phi) is 5.10. The van der Waals surface area contributed by atoms with Gasteiger partial charge in [0.1, 0.15) is 6.26 Å². The fourth-order valence-corrected chi connectivity index (χ4v) is 2.38. The highest BCUT2D eigenvalue weighted by atomic mass is 16.4. The van der Waals surface area contributed by atoms with Crippen molar-refractivity contribution in [1.82, 2.24) is 10.2 Å². The third-order valence-corrected chi connectivity index (χ3v) is 3.47. The highest BCUT2D eigenvalue weighted by molar-refractivity contribution is 5.94. The first-order chi connectivity index (χ1) is 10.1. The second-order valence-electron chi connectivity index (χ2n) is 5.01. The zero-order chi connectivity index (χ0) is 15.2. The van der Waals surface area contributed by atoms with Crippen LogP contribution in [0.3, 0.4) is 0 Å². The van der Waals surface area contributed by atoms with Crippen LogP contribution in [-0.2, 0) is 4.79 Å². The Balaban J connectivity index is 2.00. The van der Waals surface area contributed by atoms with Gasteiger partial charge in [0.15, 0.2) is 0 Å². The lowest BCUT2D eigenvalue weighted by Gasteiger charge is -2.32. The van der Waals surface area contributed by atoms with Gasteiger partial charge < -0.3 is 20.4 Å². The van der Waals surface area contributed by atoms with Gasteiger partial charge in [-0.15, -0.1) is 0 Å². The number of hydrogen-bond donors (Lipinski definition) is 2. The van der Waals surface area contributed by atoms with Crippen molar-refractivity contribution in [1.29, 1.82) is 0 Å². The minimum atomic E-state index is -0.496. The fourth-order valence-electron chi connectivity index (χ4n) is 2.38.